The van der Waals surface area contributed by atoms with Crippen LogP contribution in [0.4, 0.5) is 0 Å². The zero-order valence-electron chi connectivity index (χ0n) is 35.6. The van der Waals surface area contributed by atoms with Crippen molar-refractivity contribution >= 4 is 5.97 Å². The quantitative estimate of drug-likeness (QED) is 0.0278. The summed E-state index contributed by atoms with van der Waals surface area (Å²) in [6, 6.07) is 0. The van der Waals surface area contributed by atoms with Gasteiger partial charge in [0.25, 0.3) is 0 Å². The Kier molecular flexibility index (Phi) is 35.7. The first-order valence-electron chi connectivity index (χ1n) is 22.2. The van der Waals surface area contributed by atoms with E-state index in [0.717, 1.165) is 64.2 Å². The predicted octanol–water partition coefficient (Wildman–Crippen LogP) is 9.86. The lowest BCUT2D eigenvalue weighted by atomic mass is 9.99. The molecular formula is C48H80O9. The van der Waals surface area contributed by atoms with Gasteiger partial charge in [-0.2, -0.15) is 0 Å². The fourth-order valence-electron chi connectivity index (χ4n) is 6.13. The van der Waals surface area contributed by atoms with Crippen molar-refractivity contribution in [2.24, 2.45) is 0 Å². The van der Waals surface area contributed by atoms with Crippen molar-refractivity contribution < 1.29 is 44.2 Å². The monoisotopic (exact) mass is 801 g/mol. The van der Waals surface area contributed by atoms with Crippen molar-refractivity contribution in [1.29, 1.82) is 0 Å². The van der Waals surface area contributed by atoms with Gasteiger partial charge in [0, 0.05) is 13.0 Å². The Morgan fingerprint density at radius 3 is 1.54 bits per heavy atom. The molecule has 0 spiro atoms. The lowest BCUT2D eigenvalue weighted by Crippen LogP contribution is -2.59. The molecule has 0 aromatic rings. The molecule has 0 saturated carbocycles. The van der Waals surface area contributed by atoms with Crippen LogP contribution < -0.4 is 0 Å². The standard InChI is InChI=1S/C48H80O9/c1-3-5-7-9-11-13-15-16-17-18-19-20-21-22-23-24-25-26-27-29-31-33-35-37-44(50)56-42(41-55-48-47(53)46(52)45(51)43(39-49)57-48)40-54-38-36-34-32-30-28-14-12-10-8-6-4-2/h5,7,11,13,16-17,19-20,22-23,25-26,29,31,42-43,45-49,51-53H,3-4,6,8-10,12,14-15,18,21,24,27-28,30,32-41H2,1-2H3/b7-5-,13-11-,17-16-,20-19-,23-22-,26-25-,31-29-. The average Bonchev–Trinajstić information content (AvgIpc) is 3.21. The summed E-state index contributed by atoms with van der Waals surface area (Å²) in [7, 11) is 0. The Bertz CT molecular complexity index is 1140. The zero-order valence-corrected chi connectivity index (χ0v) is 35.6. The van der Waals surface area contributed by atoms with E-state index in [1.807, 2.05) is 0 Å². The molecule has 0 aliphatic carbocycles. The number of aliphatic hydroxyl groups is 4. The van der Waals surface area contributed by atoms with Gasteiger partial charge in [0.1, 0.15) is 30.5 Å². The molecular weight excluding hydrogens is 721 g/mol. The van der Waals surface area contributed by atoms with Gasteiger partial charge in [0.05, 0.1) is 19.8 Å². The van der Waals surface area contributed by atoms with E-state index in [4.69, 9.17) is 18.9 Å². The van der Waals surface area contributed by atoms with Gasteiger partial charge >= 0.3 is 5.97 Å². The van der Waals surface area contributed by atoms with Crippen LogP contribution in [0.3, 0.4) is 0 Å². The Balaban J connectivity index is 2.32. The van der Waals surface area contributed by atoms with Crippen molar-refractivity contribution in [3.63, 3.8) is 0 Å². The van der Waals surface area contributed by atoms with Crippen LogP contribution in [0.1, 0.15) is 149 Å². The molecule has 9 nitrogen and oxygen atoms in total. The molecule has 1 aliphatic rings. The first kappa shape index (κ1) is 52.4. The van der Waals surface area contributed by atoms with Crippen LogP contribution >= 0.6 is 0 Å². The second-order valence-corrected chi connectivity index (χ2v) is 14.8. The van der Waals surface area contributed by atoms with Gasteiger partial charge in [-0.15, -0.1) is 0 Å². The van der Waals surface area contributed by atoms with Gasteiger partial charge in [-0.05, 0) is 64.2 Å². The second-order valence-electron chi connectivity index (χ2n) is 14.8. The lowest BCUT2D eigenvalue weighted by molar-refractivity contribution is -0.305. The van der Waals surface area contributed by atoms with Crippen LogP contribution in [0, 0.1) is 0 Å². The highest BCUT2D eigenvalue weighted by Crippen LogP contribution is 2.22. The maximum atomic E-state index is 12.7. The summed E-state index contributed by atoms with van der Waals surface area (Å²) in [5, 5.41) is 40.0. The SMILES string of the molecule is CC/C=C\C/C=C\C/C=C\C/C=C\C/C=C\C/C=C\C/C=C\CCCC(=O)OC(COCCCCCCCCCCCCC)COC1OC(CO)C(O)C(O)C1O. The maximum absolute atomic E-state index is 12.7. The van der Waals surface area contributed by atoms with E-state index in [1.54, 1.807) is 0 Å². The Morgan fingerprint density at radius 2 is 1.05 bits per heavy atom. The third kappa shape index (κ3) is 30.1. The van der Waals surface area contributed by atoms with Crippen LogP contribution in [-0.2, 0) is 23.7 Å². The highest BCUT2D eigenvalue weighted by molar-refractivity contribution is 5.69. The molecule has 1 heterocycles. The summed E-state index contributed by atoms with van der Waals surface area (Å²) in [6.07, 6.45) is 44.7. The van der Waals surface area contributed by atoms with Crippen molar-refractivity contribution in [3.8, 4) is 0 Å². The minimum atomic E-state index is -1.55. The molecule has 1 rings (SSSR count). The molecule has 0 aromatic carbocycles. The van der Waals surface area contributed by atoms with Crippen molar-refractivity contribution in [2.75, 3.05) is 26.4 Å². The molecule has 1 fully saturated rings. The van der Waals surface area contributed by atoms with Gasteiger partial charge in [0.15, 0.2) is 6.29 Å². The van der Waals surface area contributed by atoms with Gasteiger partial charge < -0.3 is 39.4 Å². The van der Waals surface area contributed by atoms with E-state index in [0.29, 0.717) is 13.0 Å². The van der Waals surface area contributed by atoms with Crippen molar-refractivity contribution in [3.05, 3.63) is 85.1 Å². The summed E-state index contributed by atoms with van der Waals surface area (Å²) in [4.78, 5) is 12.7. The van der Waals surface area contributed by atoms with E-state index in [-0.39, 0.29) is 25.6 Å². The highest BCUT2D eigenvalue weighted by atomic mass is 16.7. The zero-order chi connectivity index (χ0) is 41.4. The molecule has 4 N–H and O–H groups in total. The van der Waals surface area contributed by atoms with Gasteiger partial charge in [-0.1, -0.05) is 163 Å². The number of aliphatic hydroxyl groups excluding tert-OH is 4. The molecule has 6 atom stereocenters. The number of hydrogen-bond acceptors (Lipinski definition) is 9. The number of esters is 1. The summed E-state index contributed by atoms with van der Waals surface area (Å²) in [5.74, 6) is -0.374. The van der Waals surface area contributed by atoms with Crippen molar-refractivity contribution in [1.82, 2.24) is 0 Å². The summed E-state index contributed by atoms with van der Waals surface area (Å²) < 4.78 is 22.7. The predicted molar refractivity (Wildman–Crippen MR) is 233 cm³/mol. The topological polar surface area (TPSA) is 135 Å². The molecule has 6 unspecified atom stereocenters. The molecule has 1 saturated heterocycles. The Morgan fingerprint density at radius 1 is 0.579 bits per heavy atom. The molecule has 0 amide bonds. The van der Waals surface area contributed by atoms with Gasteiger partial charge in [0.2, 0.25) is 0 Å². The average molecular weight is 801 g/mol. The van der Waals surface area contributed by atoms with Crippen LogP contribution in [0.25, 0.3) is 0 Å². The largest absolute Gasteiger partial charge is 0.457 e. The second kappa shape index (κ2) is 38.9. The molecule has 0 radical (unpaired) electrons. The smallest absolute Gasteiger partial charge is 0.306 e. The minimum Gasteiger partial charge on any atom is -0.457 e. The van der Waals surface area contributed by atoms with Crippen molar-refractivity contribution in [2.45, 2.75) is 185 Å². The summed E-state index contributed by atoms with van der Waals surface area (Å²) in [6.45, 7) is 4.35. The van der Waals surface area contributed by atoms with Gasteiger partial charge in [-0.3, -0.25) is 4.79 Å². The molecule has 1 aliphatic heterocycles. The summed E-state index contributed by atoms with van der Waals surface area (Å²) in [5.41, 5.74) is 0. The number of hydrogen-bond donors (Lipinski definition) is 4. The number of carbonyl (C=O) groups excluding carboxylic acids is 1. The van der Waals surface area contributed by atoms with Crippen LogP contribution in [-0.4, -0.2) is 89.6 Å². The first-order chi connectivity index (χ1) is 27.9. The minimum absolute atomic E-state index is 0.118. The third-order valence-corrected chi connectivity index (χ3v) is 9.58. The van der Waals surface area contributed by atoms with E-state index in [9.17, 15) is 25.2 Å². The molecule has 0 aromatic heterocycles. The van der Waals surface area contributed by atoms with Crippen LogP contribution in [0.15, 0.2) is 85.1 Å². The number of allylic oxidation sites excluding steroid dienone is 14. The maximum Gasteiger partial charge on any atom is 0.306 e. The van der Waals surface area contributed by atoms with E-state index >= 15 is 0 Å². The number of ether oxygens (including phenoxy) is 4. The molecule has 9 heteroatoms. The van der Waals surface area contributed by atoms with E-state index in [2.05, 4.69) is 98.9 Å². The van der Waals surface area contributed by atoms with Crippen LogP contribution in [0.5, 0.6) is 0 Å². The molecule has 57 heavy (non-hydrogen) atoms. The van der Waals surface area contributed by atoms with E-state index < -0.39 is 43.4 Å². The Hall–Kier alpha value is -2.63. The number of carbonyl (C=O) groups is 1. The molecule has 326 valence electrons. The normalized spacial score (nSPS) is 21.3. The van der Waals surface area contributed by atoms with E-state index in [1.165, 1.54) is 57.8 Å². The fraction of sp³-hybridized carbons (Fsp3) is 0.688. The summed E-state index contributed by atoms with van der Waals surface area (Å²) >= 11 is 0. The van der Waals surface area contributed by atoms with Gasteiger partial charge in [-0.25, -0.2) is 0 Å². The first-order valence-corrected chi connectivity index (χ1v) is 22.2. The molecule has 0 bridgehead atoms. The third-order valence-electron chi connectivity index (χ3n) is 9.58. The highest BCUT2D eigenvalue weighted by Gasteiger charge is 2.44. The lowest BCUT2D eigenvalue weighted by Gasteiger charge is -2.39. The van der Waals surface area contributed by atoms with Crippen LogP contribution in [0.2, 0.25) is 0 Å². The Labute approximate surface area is 346 Å². The fourth-order valence-corrected chi connectivity index (χ4v) is 6.13. The number of unbranched alkanes of at least 4 members (excludes halogenated alkanes) is 11. The number of rotatable bonds is 36.